The van der Waals surface area contributed by atoms with Crippen LogP contribution < -0.4 is 24.3 Å². The molecular formula is C20H23NO7. The van der Waals surface area contributed by atoms with Gasteiger partial charge in [-0.15, -0.1) is 0 Å². The molecule has 0 saturated carbocycles. The predicted molar refractivity (Wildman–Crippen MR) is 103 cm³/mol. The zero-order chi connectivity index (χ0) is 20.7. The molecule has 0 bridgehead atoms. The summed E-state index contributed by atoms with van der Waals surface area (Å²) in [5.74, 6) is 0.889. The van der Waals surface area contributed by atoms with Crippen molar-refractivity contribution in [1.82, 2.24) is 0 Å². The zero-order valence-corrected chi connectivity index (χ0v) is 16.5. The Balaban J connectivity index is 2.34. The summed E-state index contributed by atoms with van der Waals surface area (Å²) in [6.45, 7) is 0. The van der Waals surface area contributed by atoms with Gasteiger partial charge in [0.05, 0.1) is 53.2 Å². The third kappa shape index (κ3) is 4.64. The number of amides is 1. The van der Waals surface area contributed by atoms with E-state index in [2.05, 4.69) is 5.32 Å². The fourth-order valence-electron chi connectivity index (χ4n) is 2.65. The van der Waals surface area contributed by atoms with E-state index < -0.39 is 5.97 Å². The molecule has 28 heavy (non-hydrogen) atoms. The minimum absolute atomic E-state index is 0.00926. The summed E-state index contributed by atoms with van der Waals surface area (Å²) in [6, 6.07) is 8.13. The number of hydrogen-bond donors (Lipinski definition) is 1. The van der Waals surface area contributed by atoms with Crippen LogP contribution in [0.4, 0.5) is 5.69 Å². The van der Waals surface area contributed by atoms with Crippen molar-refractivity contribution < 1.29 is 33.3 Å². The summed E-state index contributed by atoms with van der Waals surface area (Å²) in [5, 5.41) is 2.72. The number of ether oxygens (including phenoxy) is 5. The molecule has 0 aliphatic heterocycles. The molecule has 2 aromatic carbocycles. The first-order valence-corrected chi connectivity index (χ1v) is 8.32. The maximum atomic E-state index is 12.6. The van der Waals surface area contributed by atoms with E-state index in [0.29, 0.717) is 28.6 Å². The van der Waals surface area contributed by atoms with Crippen molar-refractivity contribution in [2.45, 2.75) is 6.42 Å². The SMILES string of the molecule is COC(=O)c1cc(OC)c(OC)cc1NC(=O)Cc1cc(OC)ccc1OC. The number of hydrogen-bond acceptors (Lipinski definition) is 7. The Morgan fingerprint density at radius 1 is 0.821 bits per heavy atom. The van der Waals surface area contributed by atoms with Crippen LogP contribution in [0.5, 0.6) is 23.0 Å². The number of benzene rings is 2. The molecule has 0 heterocycles. The summed E-state index contributed by atoms with van der Waals surface area (Å²) in [5.41, 5.74) is 1.03. The van der Waals surface area contributed by atoms with Crippen LogP contribution in [0.25, 0.3) is 0 Å². The maximum absolute atomic E-state index is 12.6. The second-order valence-electron chi connectivity index (χ2n) is 5.65. The van der Waals surface area contributed by atoms with E-state index in [1.807, 2.05) is 0 Å². The Morgan fingerprint density at radius 2 is 1.46 bits per heavy atom. The predicted octanol–water partition coefficient (Wildman–Crippen LogP) is 2.69. The maximum Gasteiger partial charge on any atom is 0.340 e. The van der Waals surface area contributed by atoms with Crippen LogP contribution in [0, 0.1) is 0 Å². The zero-order valence-electron chi connectivity index (χ0n) is 16.5. The smallest absolute Gasteiger partial charge is 0.340 e. The highest BCUT2D eigenvalue weighted by atomic mass is 16.5. The van der Waals surface area contributed by atoms with Crippen molar-refractivity contribution in [3.8, 4) is 23.0 Å². The molecule has 1 amide bonds. The number of nitrogens with one attached hydrogen (secondary N) is 1. The molecule has 1 N–H and O–H groups in total. The van der Waals surface area contributed by atoms with Gasteiger partial charge >= 0.3 is 5.97 Å². The molecule has 0 aromatic heterocycles. The lowest BCUT2D eigenvalue weighted by molar-refractivity contribution is -0.115. The van der Waals surface area contributed by atoms with Crippen molar-refractivity contribution in [2.24, 2.45) is 0 Å². The lowest BCUT2D eigenvalue weighted by Crippen LogP contribution is -2.18. The first-order chi connectivity index (χ1) is 13.5. The second kappa shape index (κ2) is 9.50. The number of methoxy groups -OCH3 is 5. The number of rotatable bonds is 8. The van der Waals surface area contributed by atoms with Crippen LogP contribution in [-0.2, 0) is 16.0 Å². The molecule has 2 aromatic rings. The van der Waals surface area contributed by atoms with Gasteiger partial charge in [0, 0.05) is 17.7 Å². The molecule has 0 spiro atoms. The summed E-state index contributed by atoms with van der Waals surface area (Å²) >= 11 is 0. The van der Waals surface area contributed by atoms with Gasteiger partial charge < -0.3 is 29.0 Å². The Hall–Kier alpha value is -3.42. The largest absolute Gasteiger partial charge is 0.497 e. The van der Waals surface area contributed by atoms with E-state index in [1.165, 1.54) is 47.7 Å². The highest BCUT2D eigenvalue weighted by molar-refractivity contribution is 6.02. The molecule has 0 saturated heterocycles. The van der Waals surface area contributed by atoms with Crippen molar-refractivity contribution >= 4 is 17.6 Å². The molecule has 8 nitrogen and oxygen atoms in total. The van der Waals surface area contributed by atoms with Crippen molar-refractivity contribution in [3.05, 3.63) is 41.5 Å². The minimum atomic E-state index is -0.616. The molecule has 2 rings (SSSR count). The Bertz CT molecular complexity index is 864. The molecule has 0 radical (unpaired) electrons. The van der Waals surface area contributed by atoms with Gasteiger partial charge in [-0.2, -0.15) is 0 Å². The van der Waals surface area contributed by atoms with Gasteiger partial charge in [0.2, 0.25) is 5.91 Å². The van der Waals surface area contributed by atoms with Gasteiger partial charge in [-0.25, -0.2) is 4.79 Å². The first kappa shape index (κ1) is 20.9. The standard InChI is InChI=1S/C20H23NO7/c1-24-13-6-7-16(25-2)12(8-13)9-19(22)21-15-11-18(27-4)17(26-3)10-14(15)20(23)28-5/h6-8,10-11H,9H2,1-5H3,(H,21,22). The van der Waals surface area contributed by atoms with Crippen molar-refractivity contribution in [3.63, 3.8) is 0 Å². The Kier molecular flexibility index (Phi) is 7.08. The van der Waals surface area contributed by atoms with Gasteiger partial charge in [0.25, 0.3) is 0 Å². The van der Waals surface area contributed by atoms with Gasteiger partial charge in [0.15, 0.2) is 11.5 Å². The number of esters is 1. The summed E-state index contributed by atoms with van der Waals surface area (Å²) in [7, 11) is 7.23. The lowest BCUT2D eigenvalue weighted by atomic mass is 10.1. The summed E-state index contributed by atoms with van der Waals surface area (Å²) < 4.78 is 25.7. The molecule has 8 heteroatoms. The molecule has 0 atom stereocenters. The third-order valence-corrected chi connectivity index (χ3v) is 4.04. The highest BCUT2D eigenvalue weighted by Gasteiger charge is 2.20. The number of carbonyl (C=O) groups excluding carboxylic acids is 2. The molecular weight excluding hydrogens is 366 g/mol. The van der Waals surface area contributed by atoms with Gasteiger partial charge in [-0.1, -0.05) is 0 Å². The van der Waals surface area contributed by atoms with Crippen molar-refractivity contribution in [1.29, 1.82) is 0 Å². The van der Waals surface area contributed by atoms with Crippen LogP contribution in [0.15, 0.2) is 30.3 Å². The second-order valence-corrected chi connectivity index (χ2v) is 5.65. The van der Waals surface area contributed by atoms with E-state index in [-0.39, 0.29) is 23.6 Å². The van der Waals surface area contributed by atoms with E-state index in [0.717, 1.165) is 0 Å². The van der Waals surface area contributed by atoms with Crippen LogP contribution >= 0.6 is 0 Å². The van der Waals surface area contributed by atoms with Crippen molar-refractivity contribution in [2.75, 3.05) is 40.9 Å². The third-order valence-electron chi connectivity index (χ3n) is 4.04. The van der Waals surface area contributed by atoms with Crippen LogP contribution in [0.1, 0.15) is 15.9 Å². The molecule has 0 unspecified atom stereocenters. The molecule has 150 valence electrons. The normalized spacial score (nSPS) is 10.0. The van der Waals surface area contributed by atoms with Crippen LogP contribution in [0.2, 0.25) is 0 Å². The topological polar surface area (TPSA) is 92.3 Å². The highest BCUT2D eigenvalue weighted by Crippen LogP contribution is 2.34. The summed E-state index contributed by atoms with van der Waals surface area (Å²) in [6.07, 6.45) is 0.00926. The van der Waals surface area contributed by atoms with E-state index in [4.69, 9.17) is 23.7 Å². The fraction of sp³-hybridized carbons (Fsp3) is 0.300. The average molecular weight is 389 g/mol. The van der Waals surface area contributed by atoms with Gasteiger partial charge in [0.1, 0.15) is 11.5 Å². The van der Waals surface area contributed by atoms with Crippen LogP contribution in [0.3, 0.4) is 0 Å². The Morgan fingerprint density at radius 3 is 2.04 bits per heavy atom. The Labute approximate surface area is 163 Å². The van der Waals surface area contributed by atoms with E-state index >= 15 is 0 Å². The van der Waals surface area contributed by atoms with E-state index in [9.17, 15) is 9.59 Å². The quantitative estimate of drug-likeness (QED) is 0.694. The summed E-state index contributed by atoms with van der Waals surface area (Å²) in [4.78, 5) is 24.8. The monoisotopic (exact) mass is 389 g/mol. The molecule has 0 aliphatic carbocycles. The fourth-order valence-corrected chi connectivity index (χ4v) is 2.65. The number of carbonyl (C=O) groups is 2. The van der Waals surface area contributed by atoms with Crippen LogP contribution in [-0.4, -0.2) is 47.4 Å². The molecule has 0 fully saturated rings. The molecule has 0 aliphatic rings. The van der Waals surface area contributed by atoms with E-state index in [1.54, 1.807) is 18.2 Å². The first-order valence-electron chi connectivity index (χ1n) is 8.32. The number of anilines is 1. The van der Waals surface area contributed by atoms with Gasteiger partial charge in [-0.05, 0) is 18.2 Å². The van der Waals surface area contributed by atoms with Gasteiger partial charge in [-0.3, -0.25) is 4.79 Å². The minimum Gasteiger partial charge on any atom is -0.497 e. The average Bonchev–Trinajstić information content (AvgIpc) is 2.72. The lowest BCUT2D eigenvalue weighted by Gasteiger charge is -2.15.